The number of benzene rings is 4. The summed E-state index contributed by atoms with van der Waals surface area (Å²) in [5.74, 6) is 0.755. The SMILES string of the molecule is O=C(NCc1ccccc1)NCc1ccc(C2OC(CSc3nc4ccccc4s3)CC(c3ccc(CO)cc3)O2)cc1. The van der Waals surface area contributed by atoms with Crippen LogP contribution in [0.15, 0.2) is 107 Å². The predicted octanol–water partition coefficient (Wildman–Crippen LogP) is 7.13. The van der Waals surface area contributed by atoms with Crippen LogP contribution in [0, 0.1) is 0 Å². The van der Waals surface area contributed by atoms with Crippen molar-refractivity contribution >= 4 is 39.3 Å². The van der Waals surface area contributed by atoms with E-state index in [2.05, 4.69) is 16.7 Å². The maximum absolute atomic E-state index is 12.3. The molecular weight excluding hydrogens is 579 g/mol. The molecule has 7 nitrogen and oxygen atoms in total. The molecule has 6 rings (SSSR count). The molecule has 9 heteroatoms. The van der Waals surface area contributed by atoms with Gasteiger partial charge < -0.3 is 25.2 Å². The lowest BCUT2D eigenvalue weighted by molar-refractivity contribution is -0.245. The first-order chi connectivity index (χ1) is 21.1. The van der Waals surface area contributed by atoms with Gasteiger partial charge >= 0.3 is 6.03 Å². The Morgan fingerprint density at radius 2 is 1.47 bits per heavy atom. The van der Waals surface area contributed by atoms with Crippen LogP contribution < -0.4 is 10.6 Å². The first-order valence-electron chi connectivity index (χ1n) is 14.3. The number of rotatable bonds is 10. The number of aliphatic hydroxyl groups excluding tert-OH is 1. The van der Waals surface area contributed by atoms with E-state index in [0.717, 1.165) is 43.4 Å². The highest BCUT2D eigenvalue weighted by molar-refractivity contribution is 8.01. The molecule has 4 aromatic carbocycles. The van der Waals surface area contributed by atoms with Crippen molar-refractivity contribution in [1.29, 1.82) is 0 Å². The fraction of sp³-hybridized carbons (Fsp3) is 0.235. The summed E-state index contributed by atoms with van der Waals surface area (Å²) >= 11 is 3.42. The quantitative estimate of drug-likeness (QED) is 0.146. The molecule has 0 saturated carbocycles. The highest BCUT2D eigenvalue weighted by Crippen LogP contribution is 2.40. The second-order valence-electron chi connectivity index (χ2n) is 10.4. The van der Waals surface area contributed by atoms with Gasteiger partial charge in [-0.3, -0.25) is 0 Å². The van der Waals surface area contributed by atoms with E-state index in [0.29, 0.717) is 19.5 Å². The molecule has 43 heavy (non-hydrogen) atoms. The third kappa shape index (κ3) is 7.81. The largest absolute Gasteiger partial charge is 0.392 e. The highest BCUT2D eigenvalue weighted by Gasteiger charge is 2.32. The number of nitrogens with zero attached hydrogens (tertiary/aromatic N) is 1. The Balaban J connectivity index is 1.10. The minimum absolute atomic E-state index is 0.00879. The van der Waals surface area contributed by atoms with E-state index in [1.165, 1.54) is 4.70 Å². The molecule has 3 atom stereocenters. The normalized spacial score (nSPS) is 18.4. The molecular formula is C34H33N3O4S2. The standard InChI is InChI=1S/C34H33N3O4S2/c38-21-25-12-14-26(15-13-25)30-18-28(22-42-34-37-29-8-4-5-9-31(29)43-34)40-32(41-30)27-16-10-24(11-17-27)20-36-33(39)35-19-23-6-2-1-3-7-23/h1-17,28,30,32,38H,18-22H2,(H2,35,36,39). The van der Waals surface area contributed by atoms with Gasteiger partial charge in [-0.25, -0.2) is 9.78 Å². The molecule has 3 unspecified atom stereocenters. The number of carbonyl (C=O) groups is 1. The molecule has 1 aliphatic heterocycles. The van der Waals surface area contributed by atoms with E-state index in [-0.39, 0.29) is 24.8 Å². The number of carbonyl (C=O) groups excluding carboxylic acids is 1. The topological polar surface area (TPSA) is 92.7 Å². The van der Waals surface area contributed by atoms with Gasteiger partial charge in [0, 0.05) is 30.8 Å². The van der Waals surface area contributed by atoms with E-state index in [1.807, 2.05) is 97.1 Å². The van der Waals surface area contributed by atoms with E-state index < -0.39 is 6.29 Å². The van der Waals surface area contributed by atoms with Crippen molar-refractivity contribution in [1.82, 2.24) is 15.6 Å². The number of thiazole rings is 1. The molecule has 2 heterocycles. The second kappa shape index (κ2) is 14.2. The Kier molecular flexibility index (Phi) is 9.66. The minimum atomic E-state index is -0.534. The van der Waals surface area contributed by atoms with Crippen LogP contribution in [0.1, 0.15) is 46.6 Å². The Hall–Kier alpha value is -3.73. The van der Waals surface area contributed by atoms with Crippen molar-refractivity contribution in [2.45, 2.75) is 49.0 Å². The van der Waals surface area contributed by atoms with Gasteiger partial charge in [0.15, 0.2) is 10.6 Å². The smallest absolute Gasteiger partial charge is 0.315 e. The molecule has 1 aliphatic rings. The molecule has 0 aliphatic carbocycles. The minimum Gasteiger partial charge on any atom is -0.392 e. The third-order valence-electron chi connectivity index (χ3n) is 7.28. The Labute approximate surface area is 259 Å². The number of thioether (sulfide) groups is 1. The van der Waals surface area contributed by atoms with Crippen molar-refractivity contribution in [2.24, 2.45) is 0 Å². The molecule has 5 aromatic rings. The van der Waals surface area contributed by atoms with E-state index in [4.69, 9.17) is 14.5 Å². The lowest BCUT2D eigenvalue weighted by Gasteiger charge is -2.36. The van der Waals surface area contributed by atoms with Crippen molar-refractivity contribution in [3.8, 4) is 0 Å². The number of aliphatic hydroxyl groups is 1. The molecule has 0 bridgehead atoms. The van der Waals surface area contributed by atoms with Crippen LogP contribution in [0.2, 0.25) is 0 Å². The number of amides is 2. The van der Waals surface area contributed by atoms with E-state index in [1.54, 1.807) is 23.1 Å². The molecule has 1 aromatic heterocycles. The Morgan fingerprint density at radius 1 is 0.814 bits per heavy atom. The lowest BCUT2D eigenvalue weighted by Crippen LogP contribution is -2.34. The number of fused-ring (bicyclic) bond motifs is 1. The van der Waals surface area contributed by atoms with Crippen LogP contribution in [0.4, 0.5) is 4.79 Å². The summed E-state index contributed by atoms with van der Waals surface area (Å²) in [6.07, 6.45) is -0.0177. The van der Waals surface area contributed by atoms with Gasteiger partial charge in [-0.1, -0.05) is 103 Å². The Bertz CT molecular complexity index is 1590. The summed E-state index contributed by atoms with van der Waals surface area (Å²) in [7, 11) is 0. The average Bonchev–Trinajstić information content (AvgIpc) is 3.49. The number of para-hydroxylation sites is 1. The maximum Gasteiger partial charge on any atom is 0.315 e. The van der Waals surface area contributed by atoms with Gasteiger partial charge in [-0.15, -0.1) is 11.3 Å². The van der Waals surface area contributed by atoms with Crippen molar-refractivity contribution in [3.05, 3.63) is 131 Å². The number of ether oxygens (including phenoxy) is 2. The number of nitrogens with one attached hydrogen (secondary N) is 2. The third-order valence-corrected chi connectivity index (χ3v) is 9.59. The monoisotopic (exact) mass is 611 g/mol. The summed E-state index contributed by atoms with van der Waals surface area (Å²) in [4.78, 5) is 17.1. The molecule has 3 N–H and O–H groups in total. The second-order valence-corrected chi connectivity index (χ2v) is 12.7. The number of urea groups is 1. The molecule has 0 radical (unpaired) electrons. The van der Waals surface area contributed by atoms with Gasteiger partial charge in [0.05, 0.1) is 29.0 Å². The van der Waals surface area contributed by atoms with Gasteiger partial charge in [-0.05, 0) is 34.4 Å². The fourth-order valence-electron chi connectivity index (χ4n) is 4.92. The predicted molar refractivity (Wildman–Crippen MR) is 171 cm³/mol. The molecule has 1 fully saturated rings. The first-order valence-corrected chi connectivity index (χ1v) is 16.1. The van der Waals surface area contributed by atoms with Crippen LogP contribution in [-0.4, -0.2) is 28.0 Å². The van der Waals surface area contributed by atoms with Crippen molar-refractivity contribution in [2.75, 3.05) is 5.75 Å². The van der Waals surface area contributed by atoms with Crippen LogP contribution >= 0.6 is 23.1 Å². The van der Waals surface area contributed by atoms with Crippen LogP contribution in [0.3, 0.4) is 0 Å². The van der Waals surface area contributed by atoms with E-state index >= 15 is 0 Å². The number of hydrogen-bond donors (Lipinski definition) is 3. The molecule has 220 valence electrons. The highest BCUT2D eigenvalue weighted by atomic mass is 32.2. The summed E-state index contributed by atoms with van der Waals surface area (Å²) in [6, 6.07) is 33.7. The zero-order chi connectivity index (χ0) is 29.4. The van der Waals surface area contributed by atoms with Gasteiger partial charge in [0.25, 0.3) is 0 Å². The van der Waals surface area contributed by atoms with E-state index in [9.17, 15) is 9.90 Å². The average molecular weight is 612 g/mol. The van der Waals surface area contributed by atoms with Gasteiger partial charge in [0.1, 0.15) is 0 Å². The zero-order valence-corrected chi connectivity index (χ0v) is 25.2. The number of aromatic nitrogens is 1. The summed E-state index contributed by atoms with van der Waals surface area (Å²) in [5.41, 5.74) is 5.90. The Morgan fingerprint density at radius 3 is 2.19 bits per heavy atom. The lowest BCUT2D eigenvalue weighted by atomic mass is 10.0. The van der Waals surface area contributed by atoms with Gasteiger partial charge in [0.2, 0.25) is 0 Å². The van der Waals surface area contributed by atoms with Crippen LogP contribution in [-0.2, 0) is 29.2 Å². The maximum atomic E-state index is 12.3. The summed E-state index contributed by atoms with van der Waals surface area (Å²) < 4.78 is 15.2. The molecule has 1 saturated heterocycles. The summed E-state index contributed by atoms with van der Waals surface area (Å²) in [5, 5.41) is 15.3. The van der Waals surface area contributed by atoms with Crippen molar-refractivity contribution < 1.29 is 19.4 Å². The summed E-state index contributed by atoms with van der Waals surface area (Å²) in [6.45, 7) is 0.897. The van der Waals surface area contributed by atoms with Gasteiger partial charge in [-0.2, -0.15) is 0 Å². The first kappa shape index (κ1) is 29.3. The fourth-order valence-corrected chi connectivity index (χ4v) is 7.03. The number of hydrogen-bond acceptors (Lipinski definition) is 7. The molecule has 2 amide bonds. The zero-order valence-electron chi connectivity index (χ0n) is 23.5. The molecule has 0 spiro atoms. The van der Waals surface area contributed by atoms with Crippen LogP contribution in [0.25, 0.3) is 10.2 Å². The van der Waals surface area contributed by atoms with Crippen molar-refractivity contribution in [3.63, 3.8) is 0 Å². The van der Waals surface area contributed by atoms with Crippen LogP contribution in [0.5, 0.6) is 0 Å².